The van der Waals surface area contributed by atoms with Crippen molar-refractivity contribution in [1.82, 2.24) is 10.5 Å². The summed E-state index contributed by atoms with van der Waals surface area (Å²) in [6.07, 6.45) is 2.10. The molecule has 1 heterocycles. The Balaban J connectivity index is 2.03. The lowest BCUT2D eigenvalue weighted by molar-refractivity contribution is 0.0914. The number of anilines is 1. The van der Waals surface area contributed by atoms with E-state index in [-0.39, 0.29) is 17.5 Å². The molecule has 12 heavy (non-hydrogen) atoms. The molecule has 64 valence electrons. The molecule has 3 N–H and O–H groups in total. The fraction of sp³-hybridized carbons (Fsp3) is 0.429. The molecule has 1 aromatic rings. The van der Waals surface area contributed by atoms with E-state index in [2.05, 4.69) is 15.0 Å². The number of amides is 1. The monoisotopic (exact) mass is 167 g/mol. The molecule has 2 rings (SSSR count). The summed E-state index contributed by atoms with van der Waals surface area (Å²) < 4.78 is 4.67. The molecule has 0 aromatic carbocycles. The number of carbonyl (C=O) groups excluding carboxylic acids is 1. The van der Waals surface area contributed by atoms with Gasteiger partial charge in [-0.1, -0.05) is 5.16 Å². The summed E-state index contributed by atoms with van der Waals surface area (Å²) in [5.74, 6) is 0.178. The van der Waals surface area contributed by atoms with E-state index in [9.17, 15) is 4.79 Å². The van der Waals surface area contributed by atoms with Gasteiger partial charge >= 0.3 is 0 Å². The zero-order chi connectivity index (χ0) is 8.55. The van der Waals surface area contributed by atoms with Crippen molar-refractivity contribution < 1.29 is 9.32 Å². The Kier molecular flexibility index (Phi) is 1.49. The molecule has 1 fully saturated rings. The van der Waals surface area contributed by atoms with Crippen LogP contribution in [0.4, 0.5) is 5.82 Å². The van der Waals surface area contributed by atoms with Gasteiger partial charge in [0, 0.05) is 12.1 Å². The standard InChI is InChI=1S/C7H9N3O2/c8-6-3-5(12-10-6)7(11)9-4-1-2-4/h3-4H,1-2H2,(H2,8,10)(H,9,11). The Morgan fingerprint density at radius 2 is 2.50 bits per heavy atom. The average Bonchev–Trinajstić information content (AvgIpc) is 2.72. The van der Waals surface area contributed by atoms with Crippen molar-refractivity contribution in [3.05, 3.63) is 11.8 Å². The normalized spacial score (nSPS) is 16.0. The highest BCUT2D eigenvalue weighted by Gasteiger charge is 2.25. The van der Waals surface area contributed by atoms with Crippen LogP contribution in [0.5, 0.6) is 0 Å². The van der Waals surface area contributed by atoms with E-state index in [1.54, 1.807) is 0 Å². The van der Waals surface area contributed by atoms with Crippen LogP contribution in [0.25, 0.3) is 0 Å². The molecule has 0 bridgehead atoms. The van der Waals surface area contributed by atoms with E-state index < -0.39 is 0 Å². The van der Waals surface area contributed by atoms with Gasteiger partial charge in [-0.05, 0) is 12.8 Å². The average molecular weight is 167 g/mol. The van der Waals surface area contributed by atoms with Crippen LogP contribution in [0, 0.1) is 0 Å². The quantitative estimate of drug-likeness (QED) is 0.656. The summed E-state index contributed by atoms with van der Waals surface area (Å²) in [6.45, 7) is 0. The van der Waals surface area contributed by atoms with E-state index in [1.807, 2.05) is 0 Å². The van der Waals surface area contributed by atoms with Crippen LogP contribution in [0.1, 0.15) is 23.4 Å². The third-order valence-corrected chi connectivity index (χ3v) is 1.66. The maximum atomic E-state index is 11.2. The third-order valence-electron chi connectivity index (χ3n) is 1.66. The number of nitrogens with one attached hydrogen (secondary N) is 1. The Labute approximate surface area is 68.9 Å². The van der Waals surface area contributed by atoms with Crippen molar-refractivity contribution in [2.24, 2.45) is 0 Å². The summed E-state index contributed by atoms with van der Waals surface area (Å²) in [6, 6.07) is 1.74. The smallest absolute Gasteiger partial charge is 0.290 e. The summed E-state index contributed by atoms with van der Waals surface area (Å²) in [5, 5.41) is 6.16. The van der Waals surface area contributed by atoms with Crippen LogP contribution in [-0.2, 0) is 0 Å². The van der Waals surface area contributed by atoms with Crippen molar-refractivity contribution in [1.29, 1.82) is 0 Å². The highest BCUT2D eigenvalue weighted by atomic mass is 16.5. The second kappa shape index (κ2) is 2.51. The first-order chi connectivity index (χ1) is 5.75. The van der Waals surface area contributed by atoms with Crippen LogP contribution in [0.15, 0.2) is 10.6 Å². The Morgan fingerprint density at radius 3 is 3.00 bits per heavy atom. The molecular weight excluding hydrogens is 158 g/mol. The molecule has 1 amide bonds. The molecule has 5 nitrogen and oxygen atoms in total. The number of hydrogen-bond donors (Lipinski definition) is 2. The van der Waals surface area contributed by atoms with Crippen molar-refractivity contribution in [3.8, 4) is 0 Å². The lowest BCUT2D eigenvalue weighted by atomic mass is 10.4. The van der Waals surface area contributed by atoms with Crippen molar-refractivity contribution in [3.63, 3.8) is 0 Å². The minimum atomic E-state index is -0.235. The van der Waals surface area contributed by atoms with Crippen molar-refractivity contribution in [2.45, 2.75) is 18.9 Å². The number of nitrogens with zero attached hydrogens (tertiary/aromatic N) is 1. The van der Waals surface area contributed by atoms with E-state index in [1.165, 1.54) is 6.07 Å². The van der Waals surface area contributed by atoms with Crippen LogP contribution in [0.2, 0.25) is 0 Å². The van der Waals surface area contributed by atoms with E-state index in [0.717, 1.165) is 12.8 Å². The van der Waals surface area contributed by atoms with E-state index >= 15 is 0 Å². The first kappa shape index (κ1) is 7.15. The van der Waals surface area contributed by atoms with Crippen LogP contribution in [-0.4, -0.2) is 17.1 Å². The van der Waals surface area contributed by atoms with Crippen molar-refractivity contribution >= 4 is 11.7 Å². The highest BCUT2D eigenvalue weighted by Crippen LogP contribution is 2.19. The summed E-state index contributed by atoms with van der Waals surface area (Å²) in [5.41, 5.74) is 5.28. The summed E-state index contributed by atoms with van der Waals surface area (Å²) in [4.78, 5) is 11.2. The lowest BCUT2D eigenvalue weighted by Gasteiger charge is -1.96. The fourth-order valence-electron chi connectivity index (χ4n) is 0.880. The van der Waals surface area contributed by atoms with Gasteiger partial charge in [-0.2, -0.15) is 0 Å². The number of aromatic nitrogens is 1. The molecule has 0 saturated heterocycles. The van der Waals surface area contributed by atoms with Crippen LogP contribution < -0.4 is 11.1 Å². The first-order valence-corrected chi connectivity index (χ1v) is 3.79. The third kappa shape index (κ3) is 1.39. The molecule has 0 unspecified atom stereocenters. The first-order valence-electron chi connectivity index (χ1n) is 3.79. The Bertz CT molecular complexity index is 303. The van der Waals surface area contributed by atoms with Crippen LogP contribution >= 0.6 is 0 Å². The van der Waals surface area contributed by atoms with Gasteiger partial charge in [-0.3, -0.25) is 4.79 Å². The number of nitrogens with two attached hydrogens (primary N) is 1. The number of rotatable bonds is 2. The second-order valence-electron chi connectivity index (χ2n) is 2.86. The molecule has 1 saturated carbocycles. The maximum absolute atomic E-state index is 11.2. The largest absolute Gasteiger partial charge is 0.381 e. The van der Waals surface area contributed by atoms with Gasteiger partial charge in [0.25, 0.3) is 5.91 Å². The SMILES string of the molecule is Nc1cc(C(=O)NC2CC2)on1. The molecule has 1 aromatic heterocycles. The van der Waals surface area contributed by atoms with Crippen LogP contribution in [0.3, 0.4) is 0 Å². The summed E-state index contributed by atoms with van der Waals surface area (Å²) >= 11 is 0. The van der Waals surface area contributed by atoms with Gasteiger partial charge in [-0.15, -0.1) is 0 Å². The Hall–Kier alpha value is -1.52. The molecule has 0 aliphatic heterocycles. The zero-order valence-electron chi connectivity index (χ0n) is 6.41. The molecule has 1 aliphatic rings. The molecular formula is C7H9N3O2. The molecule has 5 heteroatoms. The minimum Gasteiger partial charge on any atom is -0.381 e. The number of carbonyl (C=O) groups is 1. The molecule has 0 radical (unpaired) electrons. The van der Waals surface area contributed by atoms with Gasteiger partial charge < -0.3 is 15.6 Å². The highest BCUT2D eigenvalue weighted by molar-refractivity contribution is 5.92. The second-order valence-corrected chi connectivity index (χ2v) is 2.86. The van der Waals surface area contributed by atoms with Gasteiger partial charge in [0.05, 0.1) is 0 Å². The maximum Gasteiger partial charge on any atom is 0.290 e. The van der Waals surface area contributed by atoms with Gasteiger partial charge in [0.1, 0.15) is 0 Å². The summed E-state index contributed by atoms with van der Waals surface area (Å²) in [7, 11) is 0. The Morgan fingerprint density at radius 1 is 1.75 bits per heavy atom. The molecule has 0 spiro atoms. The zero-order valence-corrected chi connectivity index (χ0v) is 6.41. The molecule has 0 atom stereocenters. The molecule has 1 aliphatic carbocycles. The van der Waals surface area contributed by atoms with E-state index in [0.29, 0.717) is 6.04 Å². The number of nitrogen functional groups attached to an aromatic ring is 1. The minimum absolute atomic E-state index is 0.180. The fourth-order valence-corrected chi connectivity index (χ4v) is 0.880. The lowest BCUT2D eigenvalue weighted by Crippen LogP contribution is -2.24. The van der Waals surface area contributed by atoms with Gasteiger partial charge in [0.15, 0.2) is 5.82 Å². The predicted octanol–water partition coefficient (Wildman–Crippen LogP) is 0.149. The number of hydrogen-bond acceptors (Lipinski definition) is 4. The predicted molar refractivity (Wildman–Crippen MR) is 41.4 cm³/mol. The topological polar surface area (TPSA) is 81.2 Å². The van der Waals surface area contributed by atoms with E-state index in [4.69, 9.17) is 5.73 Å². The van der Waals surface area contributed by atoms with Gasteiger partial charge in [-0.25, -0.2) is 0 Å². The van der Waals surface area contributed by atoms with Gasteiger partial charge in [0.2, 0.25) is 5.76 Å². The van der Waals surface area contributed by atoms with Crippen molar-refractivity contribution in [2.75, 3.05) is 5.73 Å².